The summed E-state index contributed by atoms with van der Waals surface area (Å²) in [7, 11) is 0. The molecule has 0 atom stereocenters. The lowest BCUT2D eigenvalue weighted by atomic mass is 9.78. The summed E-state index contributed by atoms with van der Waals surface area (Å²) in [5, 5.41) is 11.9. The molecule has 5 heterocycles. The molecule has 10 aromatic carbocycles. The number of nitrogens with zero attached hydrogens (tertiary/aromatic N) is 5. The molecule has 0 N–H and O–H groups in total. The van der Waals surface area contributed by atoms with E-state index in [1.165, 1.54) is 81.9 Å². The molecule has 0 unspecified atom stereocenters. The number of fused-ring (bicyclic) bond motifs is 13. The SMILES string of the molecule is CC(C)(C)c1cc(-c2cccc3c4ccccc4c4ccccc4c4cccc5c4n(c23)CN5c2cccc(Oc3cc(-n4c5ccccc5c5ccccc54)c4c5ccccc5n(-c5cc(C(C)(C)C)ccn5)c4c3)c2)cc(C(C)(C)C)c1. The Morgan fingerprint density at radius 2 is 0.881 bits per heavy atom. The monoisotopic (exact) mass is 1090 g/mol. The van der Waals surface area contributed by atoms with Gasteiger partial charge in [0, 0.05) is 68.0 Å². The Bertz CT molecular complexity index is 5020. The van der Waals surface area contributed by atoms with Crippen molar-refractivity contribution in [2.75, 3.05) is 4.90 Å². The van der Waals surface area contributed by atoms with Gasteiger partial charge in [0.2, 0.25) is 0 Å². The maximum absolute atomic E-state index is 7.36. The van der Waals surface area contributed by atoms with E-state index >= 15 is 0 Å². The van der Waals surface area contributed by atoms with Gasteiger partial charge >= 0.3 is 0 Å². The summed E-state index contributed by atoms with van der Waals surface area (Å²) in [5.74, 6) is 2.33. The molecule has 0 saturated carbocycles. The first kappa shape index (κ1) is 51.2. The van der Waals surface area contributed by atoms with Crippen LogP contribution in [0.2, 0.25) is 0 Å². The van der Waals surface area contributed by atoms with Crippen molar-refractivity contribution in [3.05, 3.63) is 247 Å². The van der Waals surface area contributed by atoms with Gasteiger partial charge in [-0.15, -0.1) is 0 Å². The summed E-state index contributed by atoms with van der Waals surface area (Å²) in [6, 6.07) is 82.9. The van der Waals surface area contributed by atoms with E-state index in [-0.39, 0.29) is 16.2 Å². The van der Waals surface area contributed by atoms with E-state index in [1.807, 2.05) is 6.20 Å². The second kappa shape index (κ2) is 18.9. The summed E-state index contributed by atoms with van der Waals surface area (Å²) in [6.07, 6.45) is 1.95. The third-order valence-electron chi connectivity index (χ3n) is 17.6. The predicted molar refractivity (Wildman–Crippen MR) is 355 cm³/mol. The molecule has 15 rings (SSSR count). The highest BCUT2D eigenvalue weighted by molar-refractivity contribution is 6.22. The Labute approximate surface area is 490 Å². The largest absolute Gasteiger partial charge is 0.457 e. The molecule has 0 bridgehead atoms. The second-order valence-corrected chi connectivity index (χ2v) is 26.1. The third kappa shape index (κ3) is 8.25. The number of benzene rings is 10. The molecule has 0 saturated heterocycles. The highest BCUT2D eigenvalue weighted by atomic mass is 16.5. The van der Waals surface area contributed by atoms with E-state index < -0.39 is 0 Å². The summed E-state index contributed by atoms with van der Waals surface area (Å²) < 4.78 is 14.7. The average Bonchev–Trinajstić information content (AvgIpc) is 1.78. The third-order valence-corrected chi connectivity index (χ3v) is 17.6. The molecule has 1 aliphatic rings. The van der Waals surface area contributed by atoms with Gasteiger partial charge in [-0.05, 0) is 109 Å². The van der Waals surface area contributed by atoms with Crippen LogP contribution in [0.4, 0.5) is 11.4 Å². The molecular formula is C78H67N5O. The minimum atomic E-state index is -0.0798. The van der Waals surface area contributed by atoms with Crippen LogP contribution >= 0.6 is 0 Å². The van der Waals surface area contributed by atoms with E-state index in [0.717, 1.165) is 67.2 Å². The normalized spacial score (nSPS) is 13.0. The van der Waals surface area contributed by atoms with Crippen molar-refractivity contribution in [2.24, 2.45) is 0 Å². The number of ether oxygens (including phenoxy) is 1. The average molecular weight is 1090 g/mol. The van der Waals surface area contributed by atoms with Gasteiger partial charge in [0.1, 0.15) is 24.0 Å². The summed E-state index contributed by atoms with van der Waals surface area (Å²) >= 11 is 0. The molecular weight excluding hydrogens is 1020 g/mol. The number of anilines is 2. The van der Waals surface area contributed by atoms with Gasteiger partial charge in [-0.25, -0.2) is 4.98 Å². The van der Waals surface area contributed by atoms with Crippen LogP contribution in [0.3, 0.4) is 0 Å². The molecule has 0 amide bonds. The number of aromatic nitrogens is 4. The van der Waals surface area contributed by atoms with Crippen molar-refractivity contribution in [2.45, 2.75) is 85.2 Å². The van der Waals surface area contributed by atoms with Gasteiger partial charge in [0.05, 0.1) is 44.5 Å². The number of pyridine rings is 1. The first-order valence-corrected chi connectivity index (χ1v) is 29.5. The van der Waals surface area contributed by atoms with Gasteiger partial charge in [0.15, 0.2) is 0 Å². The van der Waals surface area contributed by atoms with Crippen molar-refractivity contribution >= 4 is 98.3 Å². The Kier molecular flexibility index (Phi) is 11.6. The lowest BCUT2D eigenvalue weighted by Gasteiger charge is -2.27. The van der Waals surface area contributed by atoms with Crippen molar-refractivity contribution < 1.29 is 4.74 Å². The Balaban J connectivity index is 0.959. The van der Waals surface area contributed by atoms with Gasteiger partial charge < -0.3 is 18.8 Å². The zero-order valence-corrected chi connectivity index (χ0v) is 49.3. The minimum Gasteiger partial charge on any atom is -0.457 e. The smallest absolute Gasteiger partial charge is 0.137 e. The molecule has 4 aromatic heterocycles. The fraction of sp³-hybridized carbons (Fsp3) is 0.167. The van der Waals surface area contributed by atoms with Crippen LogP contribution in [0.5, 0.6) is 11.5 Å². The number of rotatable bonds is 6. The summed E-state index contributed by atoms with van der Waals surface area (Å²) in [4.78, 5) is 7.59. The van der Waals surface area contributed by atoms with Crippen LogP contribution in [0.1, 0.15) is 79.0 Å². The topological polar surface area (TPSA) is 40.1 Å². The van der Waals surface area contributed by atoms with Crippen LogP contribution in [-0.4, -0.2) is 18.7 Å². The van der Waals surface area contributed by atoms with Crippen LogP contribution in [0.15, 0.2) is 231 Å². The van der Waals surface area contributed by atoms with Gasteiger partial charge in [-0.3, -0.25) is 4.57 Å². The van der Waals surface area contributed by atoms with E-state index in [4.69, 9.17) is 9.72 Å². The van der Waals surface area contributed by atoms with Crippen LogP contribution < -0.4 is 9.64 Å². The maximum Gasteiger partial charge on any atom is 0.137 e. The quantitative estimate of drug-likeness (QED) is 0.167. The van der Waals surface area contributed by atoms with Crippen molar-refractivity contribution in [3.63, 3.8) is 0 Å². The predicted octanol–water partition coefficient (Wildman–Crippen LogP) is 21.3. The molecule has 6 heteroatoms. The van der Waals surface area contributed by atoms with Gasteiger partial charge in [0.25, 0.3) is 0 Å². The second-order valence-electron chi connectivity index (χ2n) is 26.1. The Hall–Kier alpha value is -9.65. The number of hydrogen-bond donors (Lipinski definition) is 0. The molecule has 0 radical (unpaired) electrons. The summed E-state index contributed by atoms with van der Waals surface area (Å²) in [5.41, 5.74) is 16.0. The molecule has 1 aliphatic heterocycles. The van der Waals surface area contributed by atoms with E-state index in [2.05, 4.69) is 305 Å². The summed E-state index contributed by atoms with van der Waals surface area (Å²) in [6.45, 7) is 21.3. The molecule has 14 aromatic rings. The zero-order valence-electron chi connectivity index (χ0n) is 49.3. The van der Waals surface area contributed by atoms with Crippen molar-refractivity contribution in [3.8, 4) is 34.1 Å². The fourth-order valence-electron chi connectivity index (χ4n) is 13.4. The number of para-hydroxylation sites is 5. The lowest BCUT2D eigenvalue weighted by Crippen LogP contribution is -2.17. The first-order valence-electron chi connectivity index (χ1n) is 29.5. The highest BCUT2D eigenvalue weighted by Gasteiger charge is 2.29. The fourth-order valence-corrected chi connectivity index (χ4v) is 13.4. The van der Waals surface area contributed by atoms with Gasteiger partial charge in [-0.2, -0.15) is 0 Å². The molecule has 6 nitrogen and oxygen atoms in total. The van der Waals surface area contributed by atoms with E-state index in [1.54, 1.807) is 0 Å². The standard InChI is InChI=1S/C78H67N5O/c1-76(2,3)50-39-40-79-72(44-50)83-68-37-19-16-31-65(68)73-70(82-66-35-17-14-29-61(66)62-30-15-18-36-67(62)82)46-55(47-71(73)83)84-54-24-20-23-53(45-54)80-48-81-74-56(49-41-51(77(4,5)6)43-52(42-49)78(7,8)9)32-21-33-63(74)59-27-12-10-25-57(59)58-26-11-13-28-60(58)64-34-22-38-69(80)75(64)81/h10-47H,48H2,1-9H3. The minimum absolute atomic E-state index is 0.0612. The van der Waals surface area contributed by atoms with Crippen molar-refractivity contribution in [1.82, 2.24) is 18.7 Å². The molecule has 0 fully saturated rings. The molecule has 0 aliphatic carbocycles. The van der Waals surface area contributed by atoms with Crippen molar-refractivity contribution in [1.29, 1.82) is 0 Å². The van der Waals surface area contributed by atoms with E-state index in [9.17, 15) is 0 Å². The van der Waals surface area contributed by atoms with Gasteiger partial charge in [-0.1, -0.05) is 220 Å². The molecule has 84 heavy (non-hydrogen) atoms. The van der Waals surface area contributed by atoms with Crippen LogP contribution in [0.25, 0.3) is 110 Å². The molecule has 410 valence electrons. The zero-order chi connectivity index (χ0) is 57.4. The van der Waals surface area contributed by atoms with Crippen LogP contribution in [0, 0.1) is 0 Å². The van der Waals surface area contributed by atoms with Crippen LogP contribution in [-0.2, 0) is 22.9 Å². The first-order chi connectivity index (χ1) is 40.6. The molecule has 0 spiro atoms. The van der Waals surface area contributed by atoms with E-state index in [0.29, 0.717) is 6.67 Å². The Morgan fingerprint density at radius 1 is 0.369 bits per heavy atom. The Morgan fingerprint density at radius 3 is 1.49 bits per heavy atom. The highest BCUT2D eigenvalue weighted by Crippen LogP contribution is 2.48. The number of hydrogen-bond acceptors (Lipinski definition) is 3. The maximum atomic E-state index is 7.36. The lowest BCUT2D eigenvalue weighted by molar-refractivity contribution is 0.483.